The molecule has 5 N–H and O–H groups in total. The number of halogens is 2. The number of rotatable bonds is 9. The lowest BCUT2D eigenvalue weighted by atomic mass is 10.1. The fraction of sp³-hybridized carbons (Fsp3) is 0.636. The van der Waals surface area contributed by atoms with Gasteiger partial charge in [-0.3, -0.25) is 28.0 Å². The minimum Gasteiger partial charge on any atom is -0.352 e. The summed E-state index contributed by atoms with van der Waals surface area (Å²) in [5, 5.41) is -2.38. The maximum atomic E-state index is 13.5. The minimum absolute atomic E-state index is 0.108. The van der Waals surface area contributed by atoms with Crippen LogP contribution in [0.15, 0.2) is 20.9 Å². The van der Waals surface area contributed by atoms with Gasteiger partial charge in [-0.05, 0) is 12.5 Å². The number of phosphoric acid groups is 1. The minimum atomic E-state index is -6.74. The Morgan fingerprint density at radius 3 is 2.48 bits per heavy atom. The third kappa shape index (κ3) is 6.04. The molecular weight excluding hydrogens is 525 g/mol. The van der Waals surface area contributed by atoms with Crippen LogP contribution in [0.5, 0.6) is 0 Å². The number of hydrogen-bond donors (Lipinski definition) is 5. The third-order valence-corrected chi connectivity index (χ3v) is 9.27. The molecule has 33 heavy (non-hydrogen) atoms. The summed E-state index contributed by atoms with van der Waals surface area (Å²) >= 11 is 0. The summed E-state index contributed by atoms with van der Waals surface area (Å²) in [7, 11) is -19.2. The van der Waals surface area contributed by atoms with Gasteiger partial charge in [0.1, 0.15) is 6.23 Å². The van der Waals surface area contributed by atoms with Crippen LogP contribution in [-0.4, -0.2) is 53.3 Å². The van der Waals surface area contributed by atoms with E-state index in [0.717, 1.165) is 10.8 Å². The molecule has 0 amide bonds. The molecule has 1 fully saturated rings. The summed E-state index contributed by atoms with van der Waals surface area (Å²) in [5.74, 6) is 0. The lowest BCUT2D eigenvalue weighted by Gasteiger charge is -2.24. The predicted molar refractivity (Wildman–Crippen MR) is 101 cm³/mol. The van der Waals surface area contributed by atoms with Crippen molar-refractivity contribution < 1.29 is 55.6 Å². The number of aromatic nitrogens is 2. The fourth-order valence-corrected chi connectivity index (χ4v) is 6.25. The third-order valence-electron chi connectivity index (χ3n) is 4.17. The van der Waals surface area contributed by atoms with E-state index in [1.54, 1.807) is 0 Å². The van der Waals surface area contributed by atoms with E-state index in [4.69, 9.17) is 24.9 Å². The molecule has 1 saturated heterocycles. The fourth-order valence-electron chi connectivity index (χ4n) is 2.57. The van der Waals surface area contributed by atoms with Gasteiger partial charge < -0.3 is 24.3 Å². The summed E-state index contributed by atoms with van der Waals surface area (Å²) in [6.45, 7) is 0.293. The number of aromatic amines is 1. The summed E-state index contributed by atoms with van der Waals surface area (Å²) in [4.78, 5) is 63.6. The molecule has 1 aromatic heterocycles. The van der Waals surface area contributed by atoms with Gasteiger partial charge in [-0.15, -0.1) is 0 Å². The van der Waals surface area contributed by atoms with Crippen LogP contribution < -0.4 is 11.2 Å². The number of nitrogens with one attached hydrogen (secondary N) is 1. The number of hydrogen-bond acceptors (Lipinski definition) is 9. The molecule has 0 spiro atoms. The Morgan fingerprint density at radius 2 is 1.94 bits per heavy atom. The number of aryl methyl sites for hydroxylation is 1. The monoisotopic (exact) mass is 541 g/mol. The molecule has 0 saturated carbocycles. The zero-order chi connectivity index (χ0) is 25.4. The van der Waals surface area contributed by atoms with Crippen LogP contribution in [0.4, 0.5) is 8.78 Å². The molecule has 17 nitrogen and oxygen atoms in total. The van der Waals surface area contributed by atoms with Crippen LogP contribution >= 0.6 is 23.0 Å². The van der Waals surface area contributed by atoms with E-state index in [0.29, 0.717) is 0 Å². The Kier molecular flexibility index (Phi) is 7.91. The second kappa shape index (κ2) is 9.49. The van der Waals surface area contributed by atoms with Gasteiger partial charge in [0.05, 0.1) is 18.8 Å². The molecule has 0 radical (unpaired) electrons. The van der Waals surface area contributed by atoms with Crippen molar-refractivity contribution in [2.45, 2.75) is 37.1 Å². The van der Waals surface area contributed by atoms with Crippen LogP contribution in [0.1, 0.15) is 18.2 Å². The number of phosphoric ester groups is 1. The number of azide groups is 1. The topological polar surface area (TPSA) is 263 Å². The number of alkyl halides is 2. The molecule has 0 bridgehead atoms. The van der Waals surface area contributed by atoms with Gasteiger partial charge >= 0.3 is 34.1 Å². The molecule has 5 atom stereocenters. The van der Waals surface area contributed by atoms with Crippen molar-refractivity contribution in [3.63, 3.8) is 0 Å². The van der Waals surface area contributed by atoms with E-state index in [-0.39, 0.29) is 12.0 Å². The molecule has 0 aromatic carbocycles. The van der Waals surface area contributed by atoms with E-state index >= 15 is 0 Å². The van der Waals surface area contributed by atoms with Crippen molar-refractivity contribution in [2.75, 3.05) is 6.61 Å². The lowest BCUT2D eigenvalue weighted by Crippen LogP contribution is -2.33. The normalized spacial score (nSPS) is 25.1. The van der Waals surface area contributed by atoms with Crippen LogP contribution in [-0.2, 0) is 27.3 Å². The van der Waals surface area contributed by atoms with Gasteiger partial charge in [-0.1, -0.05) is 5.11 Å². The quantitative estimate of drug-likeness (QED) is 0.126. The zero-order valence-corrected chi connectivity index (χ0v) is 18.8. The van der Waals surface area contributed by atoms with Gasteiger partial charge in [0.2, 0.25) is 0 Å². The first-order valence-electron chi connectivity index (χ1n) is 8.38. The smallest absolute Gasteiger partial charge is 0.352 e. The molecule has 1 aromatic rings. The Hall–Kier alpha value is -1.74. The van der Waals surface area contributed by atoms with E-state index in [1.165, 1.54) is 6.92 Å². The molecule has 22 heteroatoms. The molecule has 3 unspecified atom stereocenters. The standard InChI is InChI=1S/C11H16F2N5O12P3/c1-5-3-18(10(20)15-9(5)19)8-2-6(16-17-14)7(29-8)4-28-33(26,27)30-32(24,25)11(12,13)31(21,22)23/h3,6-8H,2,4H2,1H3,(H,24,25)(H,26,27)(H,15,19,20)(H2,21,22,23)/t6?,7-,8-/m0/s1. The Labute approximate surface area is 180 Å². The average Bonchev–Trinajstić information content (AvgIpc) is 3.04. The van der Waals surface area contributed by atoms with E-state index in [1.807, 2.05) is 4.98 Å². The molecule has 1 aliphatic heterocycles. The lowest BCUT2D eigenvalue weighted by molar-refractivity contribution is -0.0268. The van der Waals surface area contributed by atoms with Crippen molar-refractivity contribution in [1.29, 1.82) is 0 Å². The second-order valence-corrected chi connectivity index (χ2v) is 12.0. The van der Waals surface area contributed by atoms with Crippen LogP contribution in [0.3, 0.4) is 0 Å². The second-order valence-electron chi connectivity index (χ2n) is 6.54. The van der Waals surface area contributed by atoms with Crippen LogP contribution in [0.2, 0.25) is 0 Å². The predicted octanol–water partition coefficient (Wildman–Crippen LogP) is 0.858. The van der Waals surface area contributed by atoms with Crippen molar-refractivity contribution in [3.8, 4) is 0 Å². The Bertz CT molecular complexity index is 1220. The molecule has 186 valence electrons. The SMILES string of the molecule is Cc1cn([C@@H]2CC(N=[N+]=[N-])[C@H](COP(=O)(O)OP(=O)(O)C(F)(F)P(=O)(O)O)O2)c(=O)[nH]c1=O. The maximum Gasteiger partial charge on any atom is 0.479 e. The van der Waals surface area contributed by atoms with E-state index < -0.39 is 64.6 Å². The van der Waals surface area contributed by atoms with Crippen LogP contribution in [0.25, 0.3) is 10.4 Å². The van der Waals surface area contributed by atoms with Gasteiger partial charge in [0, 0.05) is 23.1 Å². The first-order valence-corrected chi connectivity index (χ1v) is 13.1. The molecular formula is C11H16F2N5O12P3. The average molecular weight is 541 g/mol. The first-order chi connectivity index (χ1) is 14.9. The molecule has 1 aliphatic rings. The number of nitrogens with zero attached hydrogens (tertiary/aromatic N) is 4. The highest BCUT2D eigenvalue weighted by atomic mass is 31.3. The van der Waals surface area contributed by atoms with E-state index in [2.05, 4.69) is 18.9 Å². The first kappa shape index (κ1) is 27.5. The highest BCUT2D eigenvalue weighted by Crippen LogP contribution is 2.77. The summed E-state index contributed by atoms with van der Waals surface area (Å²) in [6, 6.07) is -1.17. The van der Waals surface area contributed by atoms with Gasteiger partial charge in [0.15, 0.2) is 0 Å². The highest BCUT2D eigenvalue weighted by molar-refractivity contribution is 7.75. The highest BCUT2D eigenvalue weighted by Gasteiger charge is 2.67. The molecule has 2 heterocycles. The van der Waals surface area contributed by atoms with Crippen molar-refractivity contribution in [1.82, 2.24) is 9.55 Å². The number of H-pyrrole nitrogens is 1. The van der Waals surface area contributed by atoms with Crippen LogP contribution in [0, 0.1) is 6.92 Å². The maximum absolute atomic E-state index is 13.5. The van der Waals surface area contributed by atoms with E-state index in [9.17, 15) is 37.0 Å². The van der Waals surface area contributed by atoms with Gasteiger partial charge in [0.25, 0.3) is 5.56 Å². The van der Waals surface area contributed by atoms with Crippen molar-refractivity contribution >= 4 is 23.0 Å². The Morgan fingerprint density at radius 1 is 1.33 bits per heavy atom. The summed E-state index contributed by atoms with van der Waals surface area (Å²) in [5.41, 5.74) is 7.19. The summed E-state index contributed by atoms with van der Waals surface area (Å²) in [6.07, 6.45) is -1.70. The van der Waals surface area contributed by atoms with Gasteiger partial charge in [-0.25, -0.2) is 13.7 Å². The van der Waals surface area contributed by atoms with Gasteiger partial charge in [-0.2, -0.15) is 8.78 Å². The largest absolute Gasteiger partial charge is 0.479 e. The van der Waals surface area contributed by atoms with Crippen molar-refractivity contribution in [2.24, 2.45) is 5.11 Å². The molecule has 0 aliphatic carbocycles. The van der Waals surface area contributed by atoms with Crippen molar-refractivity contribution in [3.05, 3.63) is 43.0 Å². The number of ether oxygens (including phenoxy) is 1. The zero-order valence-electron chi connectivity index (χ0n) is 16.2. The molecule has 2 rings (SSSR count). The Balaban J connectivity index is 2.19. The summed E-state index contributed by atoms with van der Waals surface area (Å²) < 4.78 is 75.0.